The number of halogens is 5. The smallest absolute Gasteiger partial charge is 0.381 e. The summed E-state index contributed by atoms with van der Waals surface area (Å²) in [5.74, 6) is -1.46. The number of aliphatic hydroxyl groups excluding tert-OH is 1. The van der Waals surface area contributed by atoms with Crippen LogP contribution in [0.25, 0.3) is 0 Å². The Balaban J connectivity index is 2.96. The maximum absolute atomic E-state index is 12.6. The minimum absolute atomic E-state index is 0.153. The van der Waals surface area contributed by atoms with Crippen LogP contribution in [-0.4, -0.2) is 5.11 Å². The van der Waals surface area contributed by atoms with Gasteiger partial charge in [0, 0.05) is 0 Å². The molecule has 1 unspecified atom stereocenters. The maximum atomic E-state index is 12.6. The second kappa shape index (κ2) is 4.61. The molecular formula is C10H7F5O. The second-order valence-corrected chi connectivity index (χ2v) is 3.02. The van der Waals surface area contributed by atoms with E-state index in [4.69, 9.17) is 5.11 Å². The van der Waals surface area contributed by atoms with Gasteiger partial charge >= 0.3 is 6.18 Å². The molecule has 0 aliphatic carbocycles. The Morgan fingerprint density at radius 2 is 1.69 bits per heavy atom. The molecular weight excluding hydrogens is 231 g/mol. The van der Waals surface area contributed by atoms with Gasteiger partial charge in [-0.15, -0.1) is 0 Å². The van der Waals surface area contributed by atoms with Gasteiger partial charge in [-0.1, -0.05) is 12.1 Å². The molecule has 16 heavy (non-hydrogen) atoms. The summed E-state index contributed by atoms with van der Waals surface area (Å²) in [7, 11) is 0. The predicted molar refractivity (Wildman–Crippen MR) is 46.7 cm³/mol. The standard InChI is InChI=1S/C10H7F5O/c11-5-8(12)9(16)6-1-3-7(4-2-6)10(13,14)15/h1-5,9,16H/b8-5-. The second-order valence-electron chi connectivity index (χ2n) is 3.02. The molecule has 1 rings (SSSR count). The minimum Gasteiger partial charge on any atom is -0.381 e. The topological polar surface area (TPSA) is 20.2 Å². The molecule has 1 aromatic rings. The monoisotopic (exact) mass is 238 g/mol. The fraction of sp³-hybridized carbons (Fsp3) is 0.200. The van der Waals surface area contributed by atoms with E-state index in [-0.39, 0.29) is 5.56 Å². The number of benzene rings is 1. The van der Waals surface area contributed by atoms with Crippen molar-refractivity contribution in [2.24, 2.45) is 0 Å². The molecule has 0 bridgehead atoms. The Bertz CT molecular complexity index is 379. The highest BCUT2D eigenvalue weighted by Crippen LogP contribution is 2.31. The van der Waals surface area contributed by atoms with Crippen LogP contribution in [0.1, 0.15) is 17.2 Å². The van der Waals surface area contributed by atoms with E-state index in [1.807, 2.05) is 0 Å². The van der Waals surface area contributed by atoms with Crippen molar-refractivity contribution in [3.05, 3.63) is 47.5 Å². The zero-order chi connectivity index (χ0) is 12.3. The van der Waals surface area contributed by atoms with Gasteiger partial charge in [0.1, 0.15) is 12.4 Å². The van der Waals surface area contributed by atoms with Crippen molar-refractivity contribution in [3.63, 3.8) is 0 Å². The summed E-state index contributed by atoms with van der Waals surface area (Å²) in [4.78, 5) is 0. The highest BCUT2D eigenvalue weighted by atomic mass is 19.4. The van der Waals surface area contributed by atoms with Crippen molar-refractivity contribution in [3.8, 4) is 0 Å². The van der Waals surface area contributed by atoms with Crippen LogP contribution in [0.3, 0.4) is 0 Å². The van der Waals surface area contributed by atoms with Gasteiger partial charge in [0.15, 0.2) is 5.83 Å². The number of hydrogen-bond acceptors (Lipinski definition) is 1. The molecule has 0 fully saturated rings. The SMILES string of the molecule is OC(/C(F)=C/F)c1ccc(C(F)(F)F)cc1. The lowest BCUT2D eigenvalue weighted by Gasteiger charge is -2.10. The Morgan fingerprint density at radius 3 is 2.06 bits per heavy atom. The molecule has 1 atom stereocenters. The molecule has 1 nitrogen and oxygen atoms in total. The largest absolute Gasteiger partial charge is 0.416 e. The van der Waals surface area contributed by atoms with E-state index < -0.39 is 30.0 Å². The molecule has 6 heteroatoms. The van der Waals surface area contributed by atoms with E-state index in [0.29, 0.717) is 12.1 Å². The third kappa shape index (κ3) is 2.79. The summed E-state index contributed by atoms with van der Waals surface area (Å²) in [5, 5.41) is 9.12. The first kappa shape index (κ1) is 12.6. The van der Waals surface area contributed by atoms with Gasteiger partial charge in [-0.05, 0) is 17.7 Å². The van der Waals surface area contributed by atoms with Gasteiger partial charge in [0.05, 0.1) is 5.56 Å². The maximum Gasteiger partial charge on any atom is 0.416 e. The van der Waals surface area contributed by atoms with E-state index in [1.54, 1.807) is 0 Å². The third-order valence-electron chi connectivity index (χ3n) is 1.92. The number of hydrogen-bond donors (Lipinski definition) is 1. The van der Waals surface area contributed by atoms with Crippen molar-refractivity contribution in [2.45, 2.75) is 12.3 Å². The zero-order valence-electron chi connectivity index (χ0n) is 7.80. The van der Waals surface area contributed by atoms with Gasteiger partial charge in [0.2, 0.25) is 0 Å². The van der Waals surface area contributed by atoms with Crippen molar-refractivity contribution in [2.75, 3.05) is 0 Å². The molecule has 1 aromatic carbocycles. The van der Waals surface area contributed by atoms with Crippen molar-refractivity contribution in [1.29, 1.82) is 0 Å². The molecule has 0 saturated carbocycles. The minimum atomic E-state index is -4.50. The van der Waals surface area contributed by atoms with E-state index in [9.17, 15) is 22.0 Å². The normalized spacial score (nSPS) is 15.0. The fourth-order valence-electron chi connectivity index (χ4n) is 1.07. The van der Waals surface area contributed by atoms with E-state index >= 15 is 0 Å². The Labute approximate surface area is 87.8 Å². The van der Waals surface area contributed by atoms with Crippen LogP contribution in [-0.2, 0) is 6.18 Å². The molecule has 88 valence electrons. The molecule has 0 aliphatic rings. The average molecular weight is 238 g/mol. The molecule has 0 radical (unpaired) electrons. The van der Waals surface area contributed by atoms with Gasteiger partial charge in [-0.2, -0.15) is 13.2 Å². The van der Waals surface area contributed by atoms with Crippen LogP contribution < -0.4 is 0 Å². The number of rotatable bonds is 2. The van der Waals surface area contributed by atoms with Crippen LogP contribution in [0.4, 0.5) is 22.0 Å². The van der Waals surface area contributed by atoms with Crippen LogP contribution in [0, 0.1) is 0 Å². The van der Waals surface area contributed by atoms with Crippen LogP contribution >= 0.6 is 0 Å². The van der Waals surface area contributed by atoms with E-state index in [1.165, 1.54) is 0 Å². The average Bonchev–Trinajstić information content (AvgIpc) is 2.26. The van der Waals surface area contributed by atoms with E-state index in [2.05, 4.69) is 0 Å². The van der Waals surface area contributed by atoms with Crippen LogP contribution in [0.2, 0.25) is 0 Å². The number of aliphatic hydroxyl groups is 1. The fourth-order valence-corrected chi connectivity index (χ4v) is 1.07. The molecule has 0 spiro atoms. The summed E-state index contributed by atoms with van der Waals surface area (Å²) < 4.78 is 60.7. The number of alkyl halides is 3. The van der Waals surface area contributed by atoms with Gasteiger partial charge in [0.25, 0.3) is 0 Å². The molecule has 1 N–H and O–H groups in total. The van der Waals surface area contributed by atoms with Crippen molar-refractivity contribution in [1.82, 2.24) is 0 Å². The van der Waals surface area contributed by atoms with Crippen LogP contribution in [0.15, 0.2) is 36.4 Å². The summed E-state index contributed by atoms with van der Waals surface area (Å²) in [6.07, 6.45) is -6.83. The van der Waals surface area contributed by atoms with Gasteiger partial charge in [-0.25, -0.2) is 8.78 Å². The first-order chi connectivity index (χ1) is 7.36. The van der Waals surface area contributed by atoms with Crippen molar-refractivity contribution >= 4 is 0 Å². The first-order valence-electron chi connectivity index (χ1n) is 4.17. The lowest BCUT2D eigenvalue weighted by molar-refractivity contribution is -0.137. The predicted octanol–water partition coefficient (Wildman–Crippen LogP) is 3.52. The van der Waals surface area contributed by atoms with Gasteiger partial charge < -0.3 is 5.11 Å². The molecule has 0 saturated heterocycles. The quantitative estimate of drug-likeness (QED) is 0.781. The zero-order valence-corrected chi connectivity index (χ0v) is 7.80. The Hall–Kier alpha value is -1.43. The van der Waals surface area contributed by atoms with Crippen LogP contribution in [0.5, 0.6) is 0 Å². The Kier molecular flexibility index (Phi) is 3.64. The highest BCUT2D eigenvalue weighted by molar-refractivity contribution is 5.28. The first-order valence-corrected chi connectivity index (χ1v) is 4.17. The summed E-state index contributed by atoms with van der Waals surface area (Å²) in [6.45, 7) is 0. The molecule has 0 aliphatic heterocycles. The van der Waals surface area contributed by atoms with E-state index in [0.717, 1.165) is 12.1 Å². The summed E-state index contributed by atoms with van der Waals surface area (Å²) in [5.41, 5.74) is -1.08. The lowest BCUT2D eigenvalue weighted by atomic mass is 10.1. The lowest BCUT2D eigenvalue weighted by Crippen LogP contribution is -2.05. The summed E-state index contributed by atoms with van der Waals surface area (Å²) in [6, 6.07) is 3.14. The highest BCUT2D eigenvalue weighted by Gasteiger charge is 2.30. The summed E-state index contributed by atoms with van der Waals surface area (Å²) >= 11 is 0. The molecule has 0 heterocycles. The van der Waals surface area contributed by atoms with Gasteiger partial charge in [-0.3, -0.25) is 0 Å². The third-order valence-corrected chi connectivity index (χ3v) is 1.92. The Morgan fingerprint density at radius 1 is 1.19 bits per heavy atom. The molecule has 0 amide bonds. The molecule has 0 aromatic heterocycles. The van der Waals surface area contributed by atoms with Crippen molar-refractivity contribution < 1.29 is 27.1 Å².